The average Bonchev–Trinajstić information content (AvgIpc) is 2.89. The van der Waals surface area contributed by atoms with Crippen molar-refractivity contribution in [2.45, 2.75) is 6.92 Å². The molecule has 0 fully saturated rings. The van der Waals surface area contributed by atoms with E-state index in [2.05, 4.69) is 10.5 Å². The van der Waals surface area contributed by atoms with Crippen molar-refractivity contribution in [2.24, 2.45) is 5.10 Å². The summed E-state index contributed by atoms with van der Waals surface area (Å²) in [4.78, 5) is 24.3. The third-order valence-corrected chi connectivity index (χ3v) is 5.19. The van der Waals surface area contributed by atoms with Crippen molar-refractivity contribution in [1.29, 1.82) is 0 Å². The standard InChI is InChI=1S/C29H24N2O4/c1-21-7-5-6-10-27(21)29(33)35-26-15-11-22(12-16-26)19-30-31-28(32)20-34-25-17-13-24(14-18-25)23-8-3-2-4-9-23/h2-19H,20H2,1H3,(H,31,32)/b30-19+. The summed E-state index contributed by atoms with van der Waals surface area (Å²) in [6.45, 7) is 1.70. The number of esters is 1. The van der Waals surface area contributed by atoms with Crippen LogP contribution in [0.1, 0.15) is 21.5 Å². The first-order valence-corrected chi connectivity index (χ1v) is 11.1. The Bertz CT molecular complexity index is 1320. The fourth-order valence-electron chi connectivity index (χ4n) is 3.32. The molecule has 0 aromatic heterocycles. The zero-order valence-corrected chi connectivity index (χ0v) is 19.2. The number of hydrogen-bond donors (Lipinski definition) is 1. The van der Waals surface area contributed by atoms with Crippen LogP contribution in [0.15, 0.2) is 108 Å². The molecule has 4 aromatic rings. The van der Waals surface area contributed by atoms with Gasteiger partial charge in [0.05, 0.1) is 11.8 Å². The Morgan fingerprint density at radius 2 is 1.40 bits per heavy atom. The predicted molar refractivity (Wildman–Crippen MR) is 136 cm³/mol. The number of amides is 1. The SMILES string of the molecule is Cc1ccccc1C(=O)Oc1ccc(/C=N/NC(=O)COc2ccc(-c3ccccc3)cc2)cc1. The highest BCUT2D eigenvalue weighted by molar-refractivity contribution is 5.92. The number of hydrogen-bond acceptors (Lipinski definition) is 5. The number of benzene rings is 4. The number of nitrogens with zero attached hydrogens (tertiary/aromatic N) is 1. The maximum Gasteiger partial charge on any atom is 0.343 e. The van der Waals surface area contributed by atoms with Gasteiger partial charge in [-0.1, -0.05) is 60.7 Å². The quantitative estimate of drug-likeness (QED) is 0.164. The van der Waals surface area contributed by atoms with Crippen molar-refractivity contribution in [3.63, 3.8) is 0 Å². The van der Waals surface area contributed by atoms with E-state index in [0.717, 1.165) is 22.3 Å². The Kier molecular flexibility index (Phi) is 7.66. The fourth-order valence-corrected chi connectivity index (χ4v) is 3.32. The summed E-state index contributed by atoms with van der Waals surface area (Å²) in [5.41, 5.74) is 6.73. The molecule has 0 aliphatic rings. The number of hydrazone groups is 1. The van der Waals surface area contributed by atoms with Crippen LogP contribution < -0.4 is 14.9 Å². The monoisotopic (exact) mass is 464 g/mol. The van der Waals surface area contributed by atoms with E-state index in [4.69, 9.17) is 9.47 Å². The molecule has 0 aliphatic carbocycles. The molecule has 35 heavy (non-hydrogen) atoms. The maximum absolute atomic E-state index is 12.3. The van der Waals surface area contributed by atoms with Gasteiger partial charge in [0.15, 0.2) is 6.61 Å². The summed E-state index contributed by atoms with van der Waals surface area (Å²) in [7, 11) is 0. The molecular formula is C29H24N2O4. The van der Waals surface area contributed by atoms with Crippen LogP contribution in [0.3, 0.4) is 0 Å². The van der Waals surface area contributed by atoms with Crippen molar-refractivity contribution in [3.05, 3.63) is 120 Å². The number of ether oxygens (including phenoxy) is 2. The van der Waals surface area contributed by atoms with Crippen LogP contribution in [-0.4, -0.2) is 24.7 Å². The van der Waals surface area contributed by atoms with Crippen LogP contribution in [0.4, 0.5) is 0 Å². The van der Waals surface area contributed by atoms with E-state index < -0.39 is 5.97 Å². The molecule has 0 bridgehead atoms. The second-order valence-electron chi connectivity index (χ2n) is 7.75. The zero-order chi connectivity index (χ0) is 24.5. The first kappa shape index (κ1) is 23.4. The summed E-state index contributed by atoms with van der Waals surface area (Å²) in [5.74, 6) is 0.231. The predicted octanol–water partition coefficient (Wildman–Crippen LogP) is 5.41. The van der Waals surface area contributed by atoms with E-state index in [9.17, 15) is 9.59 Å². The van der Waals surface area contributed by atoms with E-state index in [1.165, 1.54) is 6.21 Å². The van der Waals surface area contributed by atoms with E-state index in [1.54, 1.807) is 36.4 Å². The second-order valence-corrected chi connectivity index (χ2v) is 7.75. The van der Waals surface area contributed by atoms with Gasteiger partial charge >= 0.3 is 5.97 Å². The minimum Gasteiger partial charge on any atom is -0.484 e. The van der Waals surface area contributed by atoms with Gasteiger partial charge in [-0.05, 0) is 71.6 Å². The van der Waals surface area contributed by atoms with Crippen LogP contribution in [0.25, 0.3) is 11.1 Å². The zero-order valence-electron chi connectivity index (χ0n) is 19.2. The molecule has 174 valence electrons. The van der Waals surface area contributed by atoms with Crippen LogP contribution in [0.2, 0.25) is 0 Å². The van der Waals surface area contributed by atoms with Crippen LogP contribution in [0.5, 0.6) is 11.5 Å². The number of carbonyl (C=O) groups excluding carboxylic acids is 2. The Morgan fingerprint density at radius 3 is 2.11 bits per heavy atom. The maximum atomic E-state index is 12.3. The molecule has 0 atom stereocenters. The Morgan fingerprint density at radius 1 is 0.771 bits per heavy atom. The molecule has 0 saturated carbocycles. The van der Waals surface area contributed by atoms with E-state index in [1.807, 2.05) is 73.7 Å². The van der Waals surface area contributed by atoms with Gasteiger partial charge in [-0.25, -0.2) is 10.2 Å². The van der Waals surface area contributed by atoms with Crippen LogP contribution >= 0.6 is 0 Å². The first-order valence-electron chi connectivity index (χ1n) is 11.1. The number of nitrogens with one attached hydrogen (secondary N) is 1. The number of aryl methyl sites for hydroxylation is 1. The van der Waals surface area contributed by atoms with Crippen molar-refractivity contribution < 1.29 is 19.1 Å². The van der Waals surface area contributed by atoms with Crippen LogP contribution in [-0.2, 0) is 4.79 Å². The molecule has 0 spiro atoms. The minimum atomic E-state index is -0.411. The van der Waals surface area contributed by atoms with Crippen molar-refractivity contribution in [1.82, 2.24) is 5.43 Å². The molecule has 0 saturated heterocycles. The third kappa shape index (κ3) is 6.65. The molecule has 6 heteroatoms. The molecule has 0 unspecified atom stereocenters. The van der Waals surface area contributed by atoms with E-state index >= 15 is 0 Å². The van der Waals surface area contributed by atoms with Crippen molar-refractivity contribution >= 4 is 18.1 Å². The fraction of sp³-hybridized carbons (Fsp3) is 0.0690. The summed E-state index contributed by atoms with van der Waals surface area (Å²) >= 11 is 0. The third-order valence-electron chi connectivity index (χ3n) is 5.19. The second kappa shape index (κ2) is 11.4. The van der Waals surface area contributed by atoms with Gasteiger partial charge in [0.2, 0.25) is 0 Å². The van der Waals surface area contributed by atoms with Gasteiger partial charge in [0.25, 0.3) is 5.91 Å². The lowest BCUT2D eigenvalue weighted by molar-refractivity contribution is -0.123. The van der Waals surface area contributed by atoms with Crippen molar-refractivity contribution in [2.75, 3.05) is 6.61 Å². The summed E-state index contributed by atoms with van der Waals surface area (Å²) in [6, 6.07) is 31.6. The lowest BCUT2D eigenvalue weighted by Crippen LogP contribution is -2.24. The lowest BCUT2D eigenvalue weighted by atomic mass is 10.1. The van der Waals surface area contributed by atoms with E-state index in [0.29, 0.717) is 17.1 Å². The van der Waals surface area contributed by atoms with Gasteiger partial charge in [-0.2, -0.15) is 5.10 Å². The van der Waals surface area contributed by atoms with Crippen molar-refractivity contribution in [3.8, 4) is 22.6 Å². The van der Waals surface area contributed by atoms with Gasteiger partial charge < -0.3 is 9.47 Å². The normalized spacial score (nSPS) is 10.7. The Hall–Kier alpha value is -4.71. The van der Waals surface area contributed by atoms with Gasteiger partial charge in [-0.15, -0.1) is 0 Å². The average molecular weight is 465 g/mol. The summed E-state index contributed by atoms with van der Waals surface area (Å²) in [6.07, 6.45) is 1.50. The lowest BCUT2D eigenvalue weighted by Gasteiger charge is -2.07. The number of carbonyl (C=O) groups is 2. The van der Waals surface area contributed by atoms with E-state index in [-0.39, 0.29) is 12.5 Å². The molecule has 4 aromatic carbocycles. The molecule has 1 amide bonds. The smallest absolute Gasteiger partial charge is 0.343 e. The highest BCUT2D eigenvalue weighted by atomic mass is 16.5. The molecule has 1 N–H and O–H groups in total. The topological polar surface area (TPSA) is 77.0 Å². The largest absolute Gasteiger partial charge is 0.484 e. The van der Waals surface area contributed by atoms with Gasteiger partial charge in [0.1, 0.15) is 11.5 Å². The van der Waals surface area contributed by atoms with Gasteiger partial charge in [0, 0.05) is 0 Å². The highest BCUT2D eigenvalue weighted by Crippen LogP contribution is 2.22. The first-order chi connectivity index (χ1) is 17.1. The molecule has 0 heterocycles. The van der Waals surface area contributed by atoms with Crippen LogP contribution in [0, 0.1) is 6.92 Å². The molecular weight excluding hydrogens is 440 g/mol. The molecule has 0 radical (unpaired) electrons. The molecule has 6 nitrogen and oxygen atoms in total. The highest BCUT2D eigenvalue weighted by Gasteiger charge is 2.10. The Balaban J connectivity index is 1.23. The van der Waals surface area contributed by atoms with Gasteiger partial charge in [-0.3, -0.25) is 4.79 Å². The summed E-state index contributed by atoms with van der Waals surface area (Å²) < 4.78 is 10.9. The summed E-state index contributed by atoms with van der Waals surface area (Å²) in [5, 5.41) is 3.95. The Labute approximate surface area is 203 Å². The molecule has 0 aliphatic heterocycles. The minimum absolute atomic E-state index is 0.157. The molecule has 4 rings (SSSR count). The number of rotatable bonds is 8.